The topological polar surface area (TPSA) is 21.3 Å². The molecular formula is C14H21NO. The minimum atomic E-state index is 0.468. The molecule has 2 heteroatoms. The molecular weight excluding hydrogens is 198 g/mol. The van der Waals surface area contributed by atoms with Gasteiger partial charge in [-0.1, -0.05) is 6.08 Å². The Labute approximate surface area is 98.3 Å². The first kappa shape index (κ1) is 12.6. The molecule has 1 rings (SSSR count). The third-order valence-electron chi connectivity index (χ3n) is 2.38. The summed E-state index contributed by atoms with van der Waals surface area (Å²) in [6, 6.07) is 8.55. The van der Waals surface area contributed by atoms with Gasteiger partial charge in [-0.25, -0.2) is 0 Å². The van der Waals surface area contributed by atoms with Crippen molar-refractivity contribution in [1.82, 2.24) is 0 Å². The van der Waals surface area contributed by atoms with Gasteiger partial charge in [0.25, 0.3) is 0 Å². The summed E-state index contributed by atoms with van der Waals surface area (Å²) in [5, 5.41) is 3.44. The van der Waals surface area contributed by atoms with E-state index in [-0.39, 0.29) is 0 Å². The maximum absolute atomic E-state index is 5.39. The van der Waals surface area contributed by atoms with Gasteiger partial charge in [0.2, 0.25) is 0 Å². The molecule has 0 spiro atoms. The largest absolute Gasteiger partial charge is 0.494 e. The Hall–Kier alpha value is -1.44. The molecule has 0 aromatic heterocycles. The number of rotatable bonds is 7. The van der Waals surface area contributed by atoms with Crippen LogP contribution in [0.4, 0.5) is 5.69 Å². The SMILES string of the molecule is C=CCCC(C)Nc1ccc(OCC)cc1. The van der Waals surface area contributed by atoms with Crippen molar-refractivity contribution in [2.24, 2.45) is 0 Å². The predicted octanol–water partition coefficient (Wildman–Crippen LogP) is 3.85. The summed E-state index contributed by atoms with van der Waals surface area (Å²) in [4.78, 5) is 0. The number of ether oxygens (including phenoxy) is 1. The van der Waals surface area contributed by atoms with E-state index in [1.165, 1.54) is 0 Å². The highest BCUT2D eigenvalue weighted by atomic mass is 16.5. The second-order valence-corrected chi connectivity index (χ2v) is 3.87. The average molecular weight is 219 g/mol. The summed E-state index contributed by atoms with van der Waals surface area (Å²) in [5.74, 6) is 0.923. The van der Waals surface area contributed by atoms with E-state index in [2.05, 4.69) is 31.0 Å². The molecule has 1 N–H and O–H groups in total. The van der Waals surface area contributed by atoms with Gasteiger partial charge in [0.15, 0.2) is 0 Å². The molecule has 1 aromatic carbocycles. The minimum Gasteiger partial charge on any atom is -0.494 e. The van der Waals surface area contributed by atoms with Crippen LogP contribution in [0.5, 0.6) is 5.75 Å². The van der Waals surface area contributed by atoms with Crippen LogP contribution in [0, 0.1) is 0 Å². The molecule has 1 unspecified atom stereocenters. The first-order valence-corrected chi connectivity index (χ1v) is 5.86. The van der Waals surface area contributed by atoms with Crippen molar-refractivity contribution in [3.63, 3.8) is 0 Å². The third-order valence-corrected chi connectivity index (χ3v) is 2.38. The molecule has 0 radical (unpaired) electrons. The van der Waals surface area contributed by atoms with Gasteiger partial charge in [-0.15, -0.1) is 6.58 Å². The highest BCUT2D eigenvalue weighted by Gasteiger charge is 2.00. The summed E-state index contributed by atoms with van der Waals surface area (Å²) in [5.41, 5.74) is 1.14. The summed E-state index contributed by atoms with van der Waals surface area (Å²) < 4.78 is 5.39. The van der Waals surface area contributed by atoms with Crippen LogP contribution in [0.3, 0.4) is 0 Å². The van der Waals surface area contributed by atoms with Gasteiger partial charge in [-0.2, -0.15) is 0 Å². The van der Waals surface area contributed by atoms with Crippen molar-refractivity contribution in [2.75, 3.05) is 11.9 Å². The molecule has 0 amide bonds. The maximum Gasteiger partial charge on any atom is 0.119 e. The van der Waals surface area contributed by atoms with Gasteiger partial charge in [-0.05, 0) is 51.0 Å². The van der Waals surface area contributed by atoms with Gasteiger partial charge in [-0.3, -0.25) is 0 Å². The summed E-state index contributed by atoms with van der Waals surface area (Å²) in [6.07, 6.45) is 4.11. The maximum atomic E-state index is 5.39. The van der Waals surface area contributed by atoms with Crippen molar-refractivity contribution >= 4 is 5.69 Å². The summed E-state index contributed by atoms with van der Waals surface area (Å²) in [7, 11) is 0. The lowest BCUT2D eigenvalue weighted by Gasteiger charge is -2.14. The Morgan fingerprint density at radius 2 is 2.06 bits per heavy atom. The standard InChI is InChI=1S/C14H21NO/c1-4-6-7-12(3)15-13-8-10-14(11-9-13)16-5-2/h4,8-12,15H,1,5-7H2,2-3H3. The van der Waals surface area contributed by atoms with Gasteiger partial charge in [0.05, 0.1) is 6.61 Å². The lowest BCUT2D eigenvalue weighted by molar-refractivity contribution is 0.340. The molecule has 0 saturated carbocycles. The van der Waals surface area contributed by atoms with Crippen LogP contribution in [0.15, 0.2) is 36.9 Å². The van der Waals surface area contributed by atoms with Crippen LogP contribution in [0.25, 0.3) is 0 Å². The lowest BCUT2D eigenvalue weighted by atomic mass is 10.1. The van der Waals surface area contributed by atoms with E-state index in [9.17, 15) is 0 Å². The van der Waals surface area contributed by atoms with Gasteiger partial charge < -0.3 is 10.1 Å². The number of anilines is 1. The molecule has 0 aliphatic carbocycles. The molecule has 0 saturated heterocycles. The van der Waals surface area contributed by atoms with Crippen molar-refractivity contribution < 1.29 is 4.74 Å². The van der Waals surface area contributed by atoms with Crippen LogP contribution in [-0.4, -0.2) is 12.6 Å². The second-order valence-electron chi connectivity index (χ2n) is 3.87. The Morgan fingerprint density at radius 1 is 1.38 bits per heavy atom. The highest BCUT2D eigenvalue weighted by molar-refractivity contribution is 5.46. The van der Waals surface area contributed by atoms with E-state index in [1.807, 2.05) is 25.1 Å². The smallest absolute Gasteiger partial charge is 0.119 e. The molecule has 1 aromatic rings. The van der Waals surface area contributed by atoms with Gasteiger partial charge >= 0.3 is 0 Å². The summed E-state index contributed by atoms with van der Waals surface area (Å²) in [6.45, 7) is 8.61. The first-order valence-electron chi connectivity index (χ1n) is 5.86. The Bertz CT molecular complexity index is 305. The lowest BCUT2D eigenvalue weighted by Crippen LogP contribution is -2.14. The van der Waals surface area contributed by atoms with Crippen LogP contribution >= 0.6 is 0 Å². The van der Waals surface area contributed by atoms with E-state index in [0.29, 0.717) is 12.6 Å². The van der Waals surface area contributed by atoms with Crippen LogP contribution in [0.2, 0.25) is 0 Å². The van der Waals surface area contributed by atoms with Gasteiger partial charge in [0, 0.05) is 11.7 Å². The Morgan fingerprint density at radius 3 is 2.62 bits per heavy atom. The van der Waals surface area contributed by atoms with Crippen molar-refractivity contribution in [1.29, 1.82) is 0 Å². The van der Waals surface area contributed by atoms with Crippen LogP contribution in [0.1, 0.15) is 26.7 Å². The zero-order chi connectivity index (χ0) is 11.8. The molecule has 0 aliphatic heterocycles. The average Bonchev–Trinajstić information content (AvgIpc) is 2.29. The number of hydrogen-bond acceptors (Lipinski definition) is 2. The number of hydrogen-bond donors (Lipinski definition) is 1. The fraction of sp³-hybridized carbons (Fsp3) is 0.429. The van der Waals surface area contributed by atoms with Gasteiger partial charge in [0.1, 0.15) is 5.75 Å². The summed E-state index contributed by atoms with van der Waals surface area (Å²) >= 11 is 0. The fourth-order valence-electron chi connectivity index (χ4n) is 1.54. The number of nitrogens with one attached hydrogen (secondary N) is 1. The first-order chi connectivity index (χ1) is 7.76. The molecule has 16 heavy (non-hydrogen) atoms. The predicted molar refractivity (Wildman–Crippen MR) is 70.1 cm³/mol. The quantitative estimate of drug-likeness (QED) is 0.703. The molecule has 2 nitrogen and oxygen atoms in total. The third kappa shape index (κ3) is 4.39. The van der Waals surface area contributed by atoms with Crippen LogP contribution in [-0.2, 0) is 0 Å². The second kappa shape index (κ2) is 6.94. The van der Waals surface area contributed by atoms with E-state index < -0.39 is 0 Å². The van der Waals surface area contributed by atoms with E-state index >= 15 is 0 Å². The zero-order valence-corrected chi connectivity index (χ0v) is 10.2. The molecule has 0 heterocycles. The zero-order valence-electron chi connectivity index (χ0n) is 10.2. The molecule has 0 bridgehead atoms. The fourth-order valence-corrected chi connectivity index (χ4v) is 1.54. The van der Waals surface area contributed by atoms with Crippen LogP contribution < -0.4 is 10.1 Å². The Balaban J connectivity index is 2.44. The molecule has 88 valence electrons. The Kier molecular flexibility index (Phi) is 5.48. The van der Waals surface area contributed by atoms with E-state index in [0.717, 1.165) is 24.3 Å². The van der Waals surface area contributed by atoms with Crippen molar-refractivity contribution in [2.45, 2.75) is 32.7 Å². The molecule has 1 atom stereocenters. The van der Waals surface area contributed by atoms with E-state index in [4.69, 9.17) is 4.74 Å². The highest BCUT2D eigenvalue weighted by Crippen LogP contribution is 2.17. The van der Waals surface area contributed by atoms with Crippen molar-refractivity contribution in [3.8, 4) is 5.75 Å². The van der Waals surface area contributed by atoms with Crippen molar-refractivity contribution in [3.05, 3.63) is 36.9 Å². The van der Waals surface area contributed by atoms with E-state index in [1.54, 1.807) is 0 Å². The normalized spacial score (nSPS) is 11.9. The minimum absolute atomic E-state index is 0.468. The monoisotopic (exact) mass is 219 g/mol. The number of allylic oxidation sites excluding steroid dienone is 1. The molecule has 0 fully saturated rings. The number of benzene rings is 1. The molecule has 0 aliphatic rings.